The van der Waals surface area contributed by atoms with Gasteiger partial charge in [0.25, 0.3) is 0 Å². The minimum Gasteiger partial charge on any atom is -0.308 e. The minimum atomic E-state index is 0.645. The van der Waals surface area contributed by atoms with Gasteiger partial charge >= 0.3 is 0 Å². The van der Waals surface area contributed by atoms with Gasteiger partial charge in [0.2, 0.25) is 0 Å². The standard InChI is InChI=1S/C17H26N4/c1-3-9-20-11-7-15(8-12-20)18-13-16-14(2)19-17-6-4-5-10-21(16)17/h4-6,10,15,18H,3,7-9,11-13H2,1-2H3. The van der Waals surface area contributed by atoms with Gasteiger partial charge in [-0.1, -0.05) is 13.0 Å². The van der Waals surface area contributed by atoms with Crippen LogP contribution in [0.5, 0.6) is 0 Å². The summed E-state index contributed by atoms with van der Waals surface area (Å²) >= 11 is 0. The van der Waals surface area contributed by atoms with E-state index in [1.165, 1.54) is 44.6 Å². The lowest BCUT2D eigenvalue weighted by Gasteiger charge is -2.32. The Kier molecular flexibility index (Phi) is 4.56. The van der Waals surface area contributed by atoms with Crippen molar-refractivity contribution in [3.05, 3.63) is 35.8 Å². The molecule has 4 heteroatoms. The molecular formula is C17H26N4. The average molecular weight is 286 g/mol. The van der Waals surface area contributed by atoms with Crippen LogP contribution in [0, 0.1) is 6.92 Å². The number of likely N-dealkylation sites (tertiary alicyclic amines) is 1. The number of rotatable bonds is 5. The Hall–Kier alpha value is -1.39. The smallest absolute Gasteiger partial charge is 0.137 e. The highest BCUT2D eigenvalue weighted by molar-refractivity contribution is 5.42. The van der Waals surface area contributed by atoms with Crippen molar-refractivity contribution >= 4 is 5.65 Å². The number of fused-ring (bicyclic) bond motifs is 1. The third-order valence-electron chi connectivity index (χ3n) is 4.51. The number of aryl methyl sites for hydroxylation is 1. The van der Waals surface area contributed by atoms with E-state index >= 15 is 0 Å². The van der Waals surface area contributed by atoms with Crippen molar-refractivity contribution in [3.8, 4) is 0 Å². The Balaban J connectivity index is 1.59. The first-order valence-electron chi connectivity index (χ1n) is 8.16. The summed E-state index contributed by atoms with van der Waals surface area (Å²) in [5.74, 6) is 0. The number of aromatic nitrogens is 2. The van der Waals surface area contributed by atoms with Crippen LogP contribution in [0.1, 0.15) is 37.6 Å². The first kappa shape index (κ1) is 14.5. The number of imidazole rings is 1. The molecule has 2 aromatic heterocycles. The molecule has 0 atom stereocenters. The van der Waals surface area contributed by atoms with Crippen molar-refractivity contribution in [1.29, 1.82) is 0 Å². The summed E-state index contributed by atoms with van der Waals surface area (Å²) in [6, 6.07) is 6.83. The molecule has 0 aromatic carbocycles. The van der Waals surface area contributed by atoms with Gasteiger partial charge in [0.05, 0.1) is 11.4 Å². The van der Waals surface area contributed by atoms with Gasteiger partial charge in [-0.05, 0) is 58.0 Å². The van der Waals surface area contributed by atoms with Crippen LogP contribution in [0.15, 0.2) is 24.4 Å². The first-order valence-corrected chi connectivity index (χ1v) is 8.16. The lowest BCUT2D eigenvalue weighted by Crippen LogP contribution is -2.42. The van der Waals surface area contributed by atoms with E-state index in [0.717, 1.165) is 17.9 Å². The molecule has 0 unspecified atom stereocenters. The predicted octanol–water partition coefficient (Wildman–Crippen LogP) is 2.61. The number of hydrogen-bond donors (Lipinski definition) is 1. The molecule has 0 saturated carbocycles. The molecular weight excluding hydrogens is 260 g/mol. The van der Waals surface area contributed by atoms with Crippen LogP contribution >= 0.6 is 0 Å². The summed E-state index contributed by atoms with van der Waals surface area (Å²) in [7, 11) is 0. The van der Waals surface area contributed by atoms with Gasteiger partial charge in [-0.2, -0.15) is 0 Å². The van der Waals surface area contributed by atoms with Gasteiger partial charge < -0.3 is 14.6 Å². The zero-order valence-electron chi connectivity index (χ0n) is 13.2. The van der Waals surface area contributed by atoms with Crippen molar-refractivity contribution in [3.63, 3.8) is 0 Å². The fourth-order valence-corrected chi connectivity index (χ4v) is 3.30. The third kappa shape index (κ3) is 3.27. The monoisotopic (exact) mass is 286 g/mol. The van der Waals surface area contributed by atoms with Gasteiger partial charge in [-0.25, -0.2) is 4.98 Å². The van der Waals surface area contributed by atoms with E-state index in [2.05, 4.69) is 51.8 Å². The van der Waals surface area contributed by atoms with E-state index in [4.69, 9.17) is 0 Å². The van der Waals surface area contributed by atoms with Gasteiger partial charge in [0.1, 0.15) is 5.65 Å². The van der Waals surface area contributed by atoms with E-state index < -0.39 is 0 Å². The molecule has 3 rings (SSSR count). The fraction of sp³-hybridized carbons (Fsp3) is 0.588. The maximum atomic E-state index is 4.63. The number of pyridine rings is 1. The van der Waals surface area contributed by atoms with Crippen molar-refractivity contribution < 1.29 is 0 Å². The van der Waals surface area contributed by atoms with Crippen molar-refractivity contribution in [2.45, 2.75) is 45.7 Å². The van der Waals surface area contributed by atoms with E-state index in [1.807, 2.05) is 6.07 Å². The Bertz CT molecular complexity index is 581. The molecule has 3 heterocycles. The fourth-order valence-electron chi connectivity index (χ4n) is 3.30. The Labute approximate surface area is 127 Å². The molecule has 21 heavy (non-hydrogen) atoms. The topological polar surface area (TPSA) is 32.6 Å². The highest BCUT2D eigenvalue weighted by Crippen LogP contribution is 2.14. The number of nitrogens with one attached hydrogen (secondary N) is 1. The molecule has 0 radical (unpaired) electrons. The van der Waals surface area contributed by atoms with Crippen LogP contribution in [0.3, 0.4) is 0 Å². The second kappa shape index (κ2) is 6.58. The summed E-state index contributed by atoms with van der Waals surface area (Å²) in [5, 5.41) is 3.73. The maximum absolute atomic E-state index is 4.63. The molecule has 1 saturated heterocycles. The number of nitrogens with zero attached hydrogens (tertiary/aromatic N) is 3. The second-order valence-corrected chi connectivity index (χ2v) is 6.07. The molecule has 0 amide bonds. The highest BCUT2D eigenvalue weighted by atomic mass is 15.1. The summed E-state index contributed by atoms with van der Waals surface area (Å²) in [5.41, 5.74) is 3.48. The number of hydrogen-bond acceptors (Lipinski definition) is 3. The van der Waals surface area contributed by atoms with Crippen LogP contribution in [0.25, 0.3) is 5.65 Å². The molecule has 4 nitrogen and oxygen atoms in total. The van der Waals surface area contributed by atoms with Crippen LogP contribution in [-0.4, -0.2) is 40.0 Å². The maximum Gasteiger partial charge on any atom is 0.137 e. The molecule has 1 N–H and O–H groups in total. The molecule has 0 aliphatic carbocycles. The summed E-state index contributed by atoms with van der Waals surface area (Å²) in [6.07, 6.45) is 5.89. The Morgan fingerprint density at radius 1 is 1.29 bits per heavy atom. The van der Waals surface area contributed by atoms with Crippen LogP contribution < -0.4 is 5.32 Å². The quantitative estimate of drug-likeness (QED) is 0.917. The van der Waals surface area contributed by atoms with Gasteiger partial charge in [0.15, 0.2) is 0 Å². The molecule has 114 valence electrons. The highest BCUT2D eigenvalue weighted by Gasteiger charge is 2.18. The van der Waals surface area contributed by atoms with Gasteiger partial charge in [-0.15, -0.1) is 0 Å². The van der Waals surface area contributed by atoms with Gasteiger partial charge in [0, 0.05) is 18.8 Å². The van der Waals surface area contributed by atoms with Crippen molar-refractivity contribution in [2.75, 3.05) is 19.6 Å². The van der Waals surface area contributed by atoms with Crippen LogP contribution in [-0.2, 0) is 6.54 Å². The Morgan fingerprint density at radius 3 is 2.86 bits per heavy atom. The molecule has 2 aromatic rings. The molecule has 1 aliphatic heterocycles. The lowest BCUT2D eigenvalue weighted by molar-refractivity contribution is 0.197. The van der Waals surface area contributed by atoms with E-state index in [9.17, 15) is 0 Å². The van der Waals surface area contributed by atoms with E-state index in [1.54, 1.807) is 0 Å². The lowest BCUT2D eigenvalue weighted by atomic mass is 10.0. The number of piperidine rings is 1. The zero-order valence-corrected chi connectivity index (χ0v) is 13.2. The van der Waals surface area contributed by atoms with Crippen LogP contribution in [0.2, 0.25) is 0 Å². The zero-order chi connectivity index (χ0) is 14.7. The minimum absolute atomic E-state index is 0.645. The van der Waals surface area contributed by atoms with E-state index in [-0.39, 0.29) is 0 Å². The molecule has 0 spiro atoms. The molecule has 1 aliphatic rings. The first-order chi connectivity index (χ1) is 10.3. The SMILES string of the molecule is CCCN1CCC(NCc2c(C)nc3ccccn23)CC1. The normalized spacial score (nSPS) is 17.6. The van der Waals surface area contributed by atoms with E-state index in [0.29, 0.717) is 6.04 Å². The van der Waals surface area contributed by atoms with Crippen LogP contribution in [0.4, 0.5) is 0 Å². The van der Waals surface area contributed by atoms with Crippen molar-refractivity contribution in [2.24, 2.45) is 0 Å². The summed E-state index contributed by atoms with van der Waals surface area (Å²) < 4.78 is 2.20. The summed E-state index contributed by atoms with van der Waals surface area (Å²) in [4.78, 5) is 7.21. The Morgan fingerprint density at radius 2 is 2.10 bits per heavy atom. The third-order valence-corrected chi connectivity index (χ3v) is 4.51. The average Bonchev–Trinajstić information content (AvgIpc) is 2.82. The second-order valence-electron chi connectivity index (χ2n) is 6.07. The van der Waals surface area contributed by atoms with Gasteiger partial charge in [-0.3, -0.25) is 0 Å². The predicted molar refractivity (Wildman–Crippen MR) is 86.5 cm³/mol. The molecule has 1 fully saturated rings. The van der Waals surface area contributed by atoms with Crippen molar-refractivity contribution in [1.82, 2.24) is 19.6 Å². The summed E-state index contributed by atoms with van der Waals surface area (Å²) in [6.45, 7) is 9.00. The largest absolute Gasteiger partial charge is 0.308 e. The molecule has 0 bridgehead atoms.